The van der Waals surface area contributed by atoms with Crippen molar-refractivity contribution in [1.29, 1.82) is 0 Å². The zero-order valence-corrected chi connectivity index (χ0v) is 14.1. The summed E-state index contributed by atoms with van der Waals surface area (Å²) in [5.74, 6) is 0.143. The summed E-state index contributed by atoms with van der Waals surface area (Å²) in [5, 5.41) is 3.82. The van der Waals surface area contributed by atoms with Crippen LogP contribution in [0.2, 0.25) is 5.02 Å². The Morgan fingerprint density at radius 3 is 2.68 bits per heavy atom. The monoisotopic (exact) mass is 324 g/mol. The maximum Gasteiger partial charge on any atom is 0.222 e. The molecule has 0 radical (unpaired) electrons. The van der Waals surface area contributed by atoms with E-state index in [0.717, 1.165) is 43.3 Å². The SMILES string of the molecule is CC[C@H](C)C(=O)NC[C@H](c1ccccc1Cl)N1CCOCC1. The van der Waals surface area contributed by atoms with Gasteiger partial charge in [-0.25, -0.2) is 0 Å². The summed E-state index contributed by atoms with van der Waals surface area (Å²) in [5.41, 5.74) is 1.07. The molecular weight excluding hydrogens is 300 g/mol. The molecule has 1 fully saturated rings. The van der Waals surface area contributed by atoms with Crippen LogP contribution in [0, 0.1) is 5.92 Å². The van der Waals surface area contributed by atoms with Crippen molar-refractivity contribution in [3.8, 4) is 0 Å². The van der Waals surface area contributed by atoms with Crippen molar-refractivity contribution in [3.63, 3.8) is 0 Å². The van der Waals surface area contributed by atoms with Gasteiger partial charge >= 0.3 is 0 Å². The largest absolute Gasteiger partial charge is 0.379 e. The molecule has 22 heavy (non-hydrogen) atoms. The van der Waals surface area contributed by atoms with Gasteiger partial charge in [-0.05, 0) is 18.1 Å². The Morgan fingerprint density at radius 2 is 2.05 bits per heavy atom. The molecule has 1 amide bonds. The molecule has 0 saturated carbocycles. The van der Waals surface area contributed by atoms with Gasteiger partial charge in [-0.2, -0.15) is 0 Å². The van der Waals surface area contributed by atoms with E-state index in [9.17, 15) is 4.79 Å². The topological polar surface area (TPSA) is 41.6 Å². The summed E-state index contributed by atoms with van der Waals surface area (Å²) in [7, 11) is 0. The summed E-state index contributed by atoms with van der Waals surface area (Å²) in [6.07, 6.45) is 0.847. The zero-order chi connectivity index (χ0) is 15.9. The van der Waals surface area contributed by atoms with Crippen molar-refractivity contribution in [2.24, 2.45) is 5.92 Å². The second-order valence-corrected chi connectivity index (χ2v) is 6.15. The van der Waals surface area contributed by atoms with Crippen LogP contribution in [0.25, 0.3) is 0 Å². The Hall–Kier alpha value is -1.10. The number of nitrogens with one attached hydrogen (secondary N) is 1. The molecular formula is C17H25ClN2O2. The Kier molecular flexibility index (Phi) is 6.68. The molecule has 0 bridgehead atoms. The van der Waals surface area contributed by atoms with E-state index in [1.165, 1.54) is 0 Å². The van der Waals surface area contributed by atoms with E-state index < -0.39 is 0 Å². The molecule has 1 N–H and O–H groups in total. The smallest absolute Gasteiger partial charge is 0.222 e. The van der Waals surface area contributed by atoms with Crippen molar-refractivity contribution >= 4 is 17.5 Å². The van der Waals surface area contributed by atoms with Gasteiger partial charge in [0.1, 0.15) is 0 Å². The Labute approximate surface area is 137 Å². The first-order chi connectivity index (χ1) is 10.6. The molecule has 1 aromatic rings. The number of nitrogens with zero attached hydrogens (tertiary/aromatic N) is 1. The molecule has 1 heterocycles. The minimum atomic E-state index is 0.0385. The lowest BCUT2D eigenvalue weighted by Crippen LogP contribution is -2.44. The predicted octanol–water partition coefficient (Wildman–Crippen LogP) is 2.88. The lowest BCUT2D eigenvalue weighted by atomic mass is 10.0. The molecule has 0 unspecified atom stereocenters. The summed E-state index contributed by atoms with van der Waals surface area (Å²) >= 11 is 6.37. The van der Waals surface area contributed by atoms with E-state index in [4.69, 9.17) is 16.3 Å². The minimum Gasteiger partial charge on any atom is -0.379 e. The second kappa shape index (κ2) is 8.51. The maximum atomic E-state index is 12.1. The van der Waals surface area contributed by atoms with Crippen LogP contribution in [-0.4, -0.2) is 43.7 Å². The molecule has 1 aliphatic heterocycles. The first kappa shape index (κ1) is 17.3. The Balaban J connectivity index is 2.11. The van der Waals surface area contributed by atoms with Gasteiger partial charge in [-0.1, -0.05) is 43.6 Å². The van der Waals surface area contributed by atoms with E-state index in [-0.39, 0.29) is 17.9 Å². The van der Waals surface area contributed by atoms with Crippen LogP contribution in [0.4, 0.5) is 0 Å². The van der Waals surface area contributed by atoms with E-state index in [0.29, 0.717) is 6.54 Å². The van der Waals surface area contributed by atoms with Gasteiger partial charge in [0, 0.05) is 30.6 Å². The van der Waals surface area contributed by atoms with Crippen LogP contribution in [-0.2, 0) is 9.53 Å². The number of morpholine rings is 1. The van der Waals surface area contributed by atoms with Crippen molar-refractivity contribution in [2.75, 3.05) is 32.8 Å². The molecule has 2 rings (SSSR count). The summed E-state index contributed by atoms with van der Waals surface area (Å²) in [6, 6.07) is 7.95. The zero-order valence-electron chi connectivity index (χ0n) is 13.3. The Bertz CT molecular complexity index is 489. The second-order valence-electron chi connectivity index (χ2n) is 5.74. The van der Waals surface area contributed by atoms with Crippen LogP contribution >= 0.6 is 11.6 Å². The van der Waals surface area contributed by atoms with Gasteiger partial charge in [-0.15, -0.1) is 0 Å². The summed E-state index contributed by atoms with van der Waals surface area (Å²) < 4.78 is 5.44. The molecule has 0 aromatic heterocycles. The number of rotatable bonds is 6. The van der Waals surface area contributed by atoms with Crippen LogP contribution in [0.15, 0.2) is 24.3 Å². The van der Waals surface area contributed by atoms with Crippen molar-refractivity contribution in [3.05, 3.63) is 34.9 Å². The lowest BCUT2D eigenvalue weighted by Gasteiger charge is -2.35. The highest BCUT2D eigenvalue weighted by molar-refractivity contribution is 6.31. The molecule has 1 aromatic carbocycles. The molecule has 4 nitrogen and oxygen atoms in total. The number of halogens is 1. The fourth-order valence-corrected chi connectivity index (χ4v) is 2.89. The number of benzene rings is 1. The fraction of sp³-hybridized carbons (Fsp3) is 0.588. The third kappa shape index (κ3) is 4.45. The highest BCUT2D eigenvalue weighted by atomic mass is 35.5. The van der Waals surface area contributed by atoms with Crippen LogP contribution < -0.4 is 5.32 Å². The highest BCUT2D eigenvalue weighted by Gasteiger charge is 2.25. The van der Waals surface area contributed by atoms with E-state index in [1.807, 2.05) is 38.1 Å². The molecule has 0 aliphatic carbocycles. The number of hydrogen-bond acceptors (Lipinski definition) is 3. The standard InChI is InChI=1S/C17H25ClN2O2/c1-3-13(2)17(21)19-12-16(20-8-10-22-11-9-20)14-6-4-5-7-15(14)18/h4-7,13,16H,3,8-12H2,1-2H3,(H,19,21)/t13-,16+/m0/s1. The van der Waals surface area contributed by atoms with Gasteiger partial charge in [0.05, 0.1) is 19.3 Å². The molecule has 0 spiro atoms. The van der Waals surface area contributed by atoms with Crippen LogP contribution in [0.1, 0.15) is 31.9 Å². The number of amides is 1. The predicted molar refractivity (Wildman–Crippen MR) is 89.0 cm³/mol. The van der Waals surface area contributed by atoms with E-state index >= 15 is 0 Å². The lowest BCUT2D eigenvalue weighted by molar-refractivity contribution is -0.124. The minimum absolute atomic E-state index is 0.0385. The molecule has 5 heteroatoms. The average Bonchev–Trinajstić information content (AvgIpc) is 2.56. The first-order valence-electron chi connectivity index (χ1n) is 7.97. The number of ether oxygens (including phenoxy) is 1. The average molecular weight is 325 g/mol. The van der Waals surface area contributed by atoms with Crippen molar-refractivity contribution in [1.82, 2.24) is 10.2 Å². The van der Waals surface area contributed by atoms with Gasteiger partial charge in [-0.3, -0.25) is 9.69 Å². The van der Waals surface area contributed by atoms with Gasteiger partial charge < -0.3 is 10.1 Å². The summed E-state index contributed by atoms with van der Waals surface area (Å²) in [6.45, 7) is 7.71. The van der Waals surface area contributed by atoms with Crippen LogP contribution in [0.3, 0.4) is 0 Å². The van der Waals surface area contributed by atoms with E-state index in [2.05, 4.69) is 10.2 Å². The first-order valence-corrected chi connectivity index (χ1v) is 8.35. The number of carbonyl (C=O) groups is 1. The highest BCUT2D eigenvalue weighted by Crippen LogP contribution is 2.27. The van der Waals surface area contributed by atoms with E-state index in [1.54, 1.807) is 0 Å². The Morgan fingerprint density at radius 1 is 1.36 bits per heavy atom. The molecule has 1 saturated heterocycles. The molecule has 122 valence electrons. The van der Waals surface area contributed by atoms with Gasteiger partial charge in [0.25, 0.3) is 0 Å². The number of hydrogen-bond donors (Lipinski definition) is 1. The van der Waals surface area contributed by atoms with Gasteiger partial charge in [0.15, 0.2) is 0 Å². The quantitative estimate of drug-likeness (QED) is 0.875. The third-order valence-electron chi connectivity index (χ3n) is 4.28. The number of carbonyl (C=O) groups excluding carboxylic acids is 1. The third-order valence-corrected chi connectivity index (χ3v) is 4.62. The van der Waals surface area contributed by atoms with Gasteiger partial charge in [0.2, 0.25) is 5.91 Å². The molecule has 2 atom stereocenters. The maximum absolute atomic E-state index is 12.1. The van der Waals surface area contributed by atoms with Crippen LogP contribution in [0.5, 0.6) is 0 Å². The fourth-order valence-electron chi connectivity index (χ4n) is 2.63. The normalized spacial score (nSPS) is 18.7. The summed E-state index contributed by atoms with van der Waals surface area (Å²) in [4.78, 5) is 14.4. The molecule has 1 aliphatic rings. The van der Waals surface area contributed by atoms with Crippen molar-refractivity contribution < 1.29 is 9.53 Å². The van der Waals surface area contributed by atoms with Crippen molar-refractivity contribution in [2.45, 2.75) is 26.3 Å².